The van der Waals surface area contributed by atoms with Crippen LogP contribution in [0.1, 0.15) is 39.3 Å². The minimum absolute atomic E-state index is 0.0964. The topological polar surface area (TPSA) is 93.0 Å². The lowest BCUT2D eigenvalue weighted by atomic mass is 10.0. The third kappa shape index (κ3) is 5.53. The minimum Gasteiger partial charge on any atom is -0.331 e. The first-order valence-electron chi connectivity index (χ1n) is 11.2. The van der Waals surface area contributed by atoms with Crippen LogP contribution in [0.3, 0.4) is 0 Å². The summed E-state index contributed by atoms with van der Waals surface area (Å²) in [6.45, 7) is 3.01. The molecule has 4 heterocycles. The molecule has 0 atom stereocenters. The Kier molecular flexibility index (Phi) is 7.00. The third-order valence-corrected chi connectivity index (χ3v) is 5.93. The number of carbonyl (C=O) groups excluding carboxylic acids is 2. The van der Waals surface area contributed by atoms with Crippen molar-refractivity contribution in [1.29, 1.82) is 0 Å². The van der Waals surface area contributed by atoms with E-state index in [1.165, 1.54) is 23.2 Å². The van der Waals surface area contributed by atoms with Gasteiger partial charge in [0.15, 0.2) is 5.82 Å². The molecule has 3 aromatic rings. The molecule has 0 aromatic carbocycles. The lowest BCUT2D eigenvalue weighted by Gasteiger charge is -2.27. The van der Waals surface area contributed by atoms with Crippen LogP contribution in [-0.2, 0) is 11.0 Å². The number of halogens is 6. The van der Waals surface area contributed by atoms with Crippen molar-refractivity contribution in [2.45, 2.75) is 32.6 Å². The van der Waals surface area contributed by atoms with E-state index in [1.54, 1.807) is 19.9 Å². The maximum atomic E-state index is 12.8. The molecule has 1 aliphatic heterocycles. The van der Waals surface area contributed by atoms with Crippen molar-refractivity contribution >= 4 is 23.1 Å². The van der Waals surface area contributed by atoms with E-state index < -0.39 is 29.7 Å². The summed E-state index contributed by atoms with van der Waals surface area (Å²) in [4.78, 5) is 33.1. The van der Waals surface area contributed by atoms with E-state index in [-0.39, 0.29) is 30.9 Å². The average molecular weight is 538 g/mol. The van der Waals surface area contributed by atoms with Gasteiger partial charge in [0.25, 0.3) is 5.91 Å². The summed E-state index contributed by atoms with van der Waals surface area (Å²) < 4.78 is 77.6. The van der Waals surface area contributed by atoms with Crippen LogP contribution in [0.5, 0.6) is 0 Å². The summed E-state index contributed by atoms with van der Waals surface area (Å²) in [6, 6.07) is 3.66. The van der Waals surface area contributed by atoms with Gasteiger partial charge in [-0.1, -0.05) is 6.08 Å². The summed E-state index contributed by atoms with van der Waals surface area (Å²) in [5, 5.41) is 6.74. The van der Waals surface area contributed by atoms with Crippen LogP contribution in [0, 0.1) is 13.8 Å². The molecule has 4 rings (SSSR count). The van der Waals surface area contributed by atoms with Crippen molar-refractivity contribution in [3.63, 3.8) is 0 Å². The van der Waals surface area contributed by atoms with E-state index in [4.69, 9.17) is 0 Å². The number of carbonyl (C=O) groups is 2. The molecule has 14 heteroatoms. The zero-order chi connectivity index (χ0) is 27.8. The predicted molar refractivity (Wildman–Crippen MR) is 123 cm³/mol. The number of aryl methyl sites for hydroxylation is 1. The highest BCUT2D eigenvalue weighted by molar-refractivity contribution is 6.05. The number of amides is 2. The van der Waals surface area contributed by atoms with Gasteiger partial charge in [-0.2, -0.15) is 31.4 Å². The summed E-state index contributed by atoms with van der Waals surface area (Å²) in [5.41, 5.74) is 1.84. The minimum atomic E-state index is -4.93. The number of pyridine rings is 2. The number of hydrogen-bond donors (Lipinski definition) is 1. The maximum absolute atomic E-state index is 12.8. The van der Waals surface area contributed by atoms with Crippen LogP contribution in [0.25, 0.3) is 11.4 Å². The summed E-state index contributed by atoms with van der Waals surface area (Å²) in [6.07, 6.45) is -4.41. The van der Waals surface area contributed by atoms with Crippen LogP contribution in [0.4, 0.5) is 32.0 Å². The Labute approximate surface area is 212 Å². The number of rotatable bonds is 4. The van der Waals surface area contributed by atoms with Gasteiger partial charge in [0.2, 0.25) is 0 Å². The molecule has 0 saturated heterocycles. The van der Waals surface area contributed by atoms with E-state index in [0.29, 0.717) is 34.4 Å². The molecular weight excluding hydrogens is 518 g/mol. The van der Waals surface area contributed by atoms with Gasteiger partial charge in [0, 0.05) is 19.3 Å². The Hall–Kier alpha value is -4.23. The molecule has 0 saturated carbocycles. The summed E-state index contributed by atoms with van der Waals surface area (Å²) in [5.74, 6) is -2.32. The Morgan fingerprint density at radius 3 is 2.29 bits per heavy atom. The number of hydrogen-bond acceptors (Lipinski definition) is 5. The maximum Gasteiger partial charge on any atom is 0.471 e. The number of nitrogens with zero attached hydrogens (tertiary/aromatic N) is 5. The highest BCUT2D eigenvalue weighted by atomic mass is 19.4. The molecule has 1 aliphatic rings. The van der Waals surface area contributed by atoms with Crippen LogP contribution >= 0.6 is 0 Å². The van der Waals surface area contributed by atoms with Gasteiger partial charge >= 0.3 is 18.3 Å². The lowest BCUT2D eigenvalue weighted by molar-refractivity contribution is -0.185. The van der Waals surface area contributed by atoms with Crippen LogP contribution in [0.2, 0.25) is 0 Å². The van der Waals surface area contributed by atoms with Crippen LogP contribution in [-0.4, -0.2) is 55.7 Å². The lowest BCUT2D eigenvalue weighted by Crippen LogP contribution is -2.43. The normalized spacial score (nSPS) is 14.3. The van der Waals surface area contributed by atoms with Gasteiger partial charge in [-0.25, -0.2) is 9.67 Å². The van der Waals surface area contributed by atoms with Crippen molar-refractivity contribution in [3.05, 3.63) is 70.9 Å². The van der Waals surface area contributed by atoms with Gasteiger partial charge in [-0.15, -0.1) is 0 Å². The van der Waals surface area contributed by atoms with Crippen molar-refractivity contribution in [3.8, 4) is 5.82 Å². The SMILES string of the molecule is Cc1cc(NC(=O)c2cnn(-c3ccc(C(F)(F)F)cn3)c2C)cnc1C1=CCN(C(=O)C(F)(F)F)CC1. The zero-order valence-corrected chi connectivity index (χ0v) is 20.0. The van der Waals surface area contributed by atoms with Gasteiger partial charge in [0.05, 0.1) is 40.6 Å². The Morgan fingerprint density at radius 2 is 1.74 bits per heavy atom. The van der Waals surface area contributed by atoms with Crippen LogP contribution in [0.15, 0.2) is 42.9 Å². The van der Waals surface area contributed by atoms with Gasteiger partial charge in [0.1, 0.15) is 0 Å². The first-order chi connectivity index (χ1) is 17.8. The smallest absolute Gasteiger partial charge is 0.331 e. The summed E-state index contributed by atoms with van der Waals surface area (Å²) >= 11 is 0. The molecular formula is C24H20F6N6O2. The van der Waals surface area contributed by atoms with Gasteiger partial charge in [-0.05, 0) is 49.6 Å². The monoisotopic (exact) mass is 538 g/mol. The molecule has 38 heavy (non-hydrogen) atoms. The molecule has 1 N–H and O–H groups in total. The Bertz CT molecular complexity index is 1410. The summed E-state index contributed by atoms with van der Waals surface area (Å²) in [7, 11) is 0. The highest BCUT2D eigenvalue weighted by Gasteiger charge is 2.42. The van der Waals surface area contributed by atoms with Crippen molar-refractivity contribution < 1.29 is 35.9 Å². The van der Waals surface area contributed by atoms with Gasteiger partial charge in [-0.3, -0.25) is 14.6 Å². The second kappa shape index (κ2) is 9.91. The Morgan fingerprint density at radius 1 is 1.00 bits per heavy atom. The van der Waals surface area contributed by atoms with E-state index >= 15 is 0 Å². The fourth-order valence-corrected chi connectivity index (χ4v) is 3.97. The second-order valence-corrected chi connectivity index (χ2v) is 8.53. The molecule has 0 unspecified atom stereocenters. The molecule has 0 aliphatic carbocycles. The predicted octanol–water partition coefficient (Wildman–Crippen LogP) is 4.73. The van der Waals surface area contributed by atoms with E-state index in [2.05, 4.69) is 20.4 Å². The fraction of sp³-hybridized carbons (Fsp3) is 0.292. The Balaban J connectivity index is 1.46. The largest absolute Gasteiger partial charge is 0.471 e. The number of alkyl halides is 6. The van der Waals surface area contributed by atoms with Crippen molar-refractivity contribution in [1.82, 2.24) is 24.6 Å². The molecule has 0 fully saturated rings. The molecule has 8 nitrogen and oxygen atoms in total. The van der Waals surface area contributed by atoms with Crippen LogP contribution < -0.4 is 5.32 Å². The molecule has 0 spiro atoms. The molecule has 200 valence electrons. The number of aromatic nitrogens is 4. The van der Waals surface area contributed by atoms with Crippen molar-refractivity contribution in [2.75, 3.05) is 18.4 Å². The molecule has 2 amide bonds. The molecule has 0 bridgehead atoms. The third-order valence-electron chi connectivity index (χ3n) is 5.93. The first kappa shape index (κ1) is 26.8. The quantitative estimate of drug-likeness (QED) is 0.485. The molecule has 3 aromatic heterocycles. The van der Waals surface area contributed by atoms with E-state index in [9.17, 15) is 35.9 Å². The fourth-order valence-electron chi connectivity index (χ4n) is 3.97. The van der Waals surface area contributed by atoms with E-state index in [1.807, 2.05) is 0 Å². The van der Waals surface area contributed by atoms with Gasteiger partial charge < -0.3 is 10.2 Å². The average Bonchev–Trinajstić information content (AvgIpc) is 3.24. The van der Waals surface area contributed by atoms with E-state index in [0.717, 1.165) is 17.0 Å². The number of nitrogens with one attached hydrogen (secondary N) is 1. The highest BCUT2D eigenvalue weighted by Crippen LogP contribution is 2.30. The standard InChI is InChI=1S/C24H20F6N6O2/c1-13-9-17(11-32-20(13)15-5-7-35(8-6-15)22(38)24(28,29)30)34-21(37)18-12-33-36(14(18)2)19-4-3-16(10-31-19)23(25,26)27/h3-5,9-12H,6-8H2,1-2H3,(H,34,37). The molecule has 0 radical (unpaired) electrons. The first-order valence-corrected chi connectivity index (χ1v) is 11.2. The second-order valence-electron chi connectivity index (χ2n) is 8.53. The van der Waals surface area contributed by atoms with Crippen molar-refractivity contribution in [2.24, 2.45) is 0 Å². The zero-order valence-electron chi connectivity index (χ0n) is 20.0. The number of anilines is 1.